The Balaban J connectivity index is 1.59. The number of nitrogens with one attached hydrogen (secondary N) is 2. The summed E-state index contributed by atoms with van der Waals surface area (Å²) in [4.78, 5) is 8.42. The molecule has 0 aliphatic carbocycles. The molecule has 2 N–H and O–H groups in total. The van der Waals surface area contributed by atoms with Crippen molar-refractivity contribution in [2.24, 2.45) is 0 Å². The Kier molecular flexibility index (Phi) is 3.62. The molecule has 0 unspecified atom stereocenters. The fourth-order valence-electron chi connectivity index (χ4n) is 1.72. The highest BCUT2D eigenvalue weighted by atomic mass is 32.1. The number of aromatic amines is 1. The number of rotatable bonds is 5. The number of thiophene rings is 1. The van der Waals surface area contributed by atoms with Gasteiger partial charge in [0.15, 0.2) is 5.82 Å². The average Bonchev–Trinajstić information content (AvgIpc) is 3.11. The van der Waals surface area contributed by atoms with Gasteiger partial charge in [-0.05, 0) is 34.5 Å². The zero-order valence-corrected chi connectivity index (χ0v) is 11.0. The maximum atomic E-state index is 4.44. The minimum Gasteiger partial charge on any atom is -0.306 e. The van der Waals surface area contributed by atoms with E-state index in [9.17, 15) is 0 Å². The molecule has 0 saturated carbocycles. The molecule has 0 saturated heterocycles. The van der Waals surface area contributed by atoms with Gasteiger partial charge < -0.3 is 5.32 Å². The molecule has 96 valence electrons. The largest absolute Gasteiger partial charge is 0.306 e. The van der Waals surface area contributed by atoms with Crippen molar-refractivity contribution in [3.8, 4) is 11.4 Å². The number of hydrogen-bond donors (Lipinski definition) is 2. The fourth-order valence-corrected chi connectivity index (χ4v) is 2.39. The van der Waals surface area contributed by atoms with Gasteiger partial charge in [0, 0.05) is 24.5 Å². The Hall–Kier alpha value is -2.05. The molecule has 0 atom stereocenters. The monoisotopic (exact) mass is 271 g/mol. The molecule has 3 rings (SSSR count). The summed E-state index contributed by atoms with van der Waals surface area (Å²) in [7, 11) is 0. The van der Waals surface area contributed by atoms with Crippen LogP contribution in [-0.2, 0) is 13.1 Å². The Morgan fingerprint density at radius 2 is 2.05 bits per heavy atom. The average molecular weight is 271 g/mol. The van der Waals surface area contributed by atoms with E-state index in [2.05, 4.69) is 42.3 Å². The van der Waals surface area contributed by atoms with Gasteiger partial charge in [0.1, 0.15) is 5.82 Å². The molecule has 0 radical (unpaired) electrons. The molecule has 19 heavy (non-hydrogen) atoms. The molecule has 3 aromatic rings. The third-order valence-corrected chi connectivity index (χ3v) is 3.40. The van der Waals surface area contributed by atoms with Crippen molar-refractivity contribution < 1.29 is 0 Å². The highest BCUT2D eigenvalue weighted by molar-refractivity contribution is 7.07. The van der Waals surface area contributed by atoms with Crippen LogP contribution in [0.5, 0.6) is 0 Å². The van der Waals surface area contributed by atoms with Crippen LogP contribution in [0, 0.1) is 0 Å². The Bertz CT molecular complexity index is 618. The molecule has 0 aliphatic rings. The summed E-state index contributed by atoms with van der Waals surface area (Å²) in [6.45, 7) is 1.52. The lowest BCUT2D eigenvalue weighted by atomic mass is 10.2. The maximum absolute atomic E-state index is 4.44. The van der Waals surface area contributed by atoms with Crippen LogP contribution in [0.1, 0.15) is 11.4 Å². The molecule has 3 heterocycles. The number of pyridine rings is 1. The topological polar surface area (TPSA) is 66.5 Å². The lowest BCUT2D eigenvalue weighted by molar-refractivity contribution is 0.666. The molecule has 6 heteroatoms. The van der Waals surface area contributed by atoms with Crippen LogP contribution in [0.2, 0.25) is 0 Å². The maximum Gasteiger partial charge on any atom is 0.181 e. The first-order chi connectivity index (χ1) is 9.42. The lowest BCUT2D eigenvalue weighted by Crippen LogP contribution is -2.13. The van der Waals surface area contributed by atoms with Gasteiger partial charge in [-0.3, -0.25) is 10.1 Å². The van der Waals surface area contributed by atoms with E-state index in [-0.39, 0.29) is 0 Å². The predicted octanol–water partition coefficient (Wildman–Crippen LogP) is 2.22. The van der Waals surface area contributed by atoms with Gasteiger partial charge >= 0.3 is 0 Å². The van der Waals surface area contributed by atoms with Gasteiger partial charge in [-0.2, -0.15) is 16.4 Å². The van der Waals surface area contributed by atoms with E-state index in [1.54, 1.807) is 23.7 Å². The highest BCUT2D eigenvalue weighted by Crippen LogP contribution is 2.12. The van der Waals surface area contributed by atoms with E-state index in [0.717, 1.165) is 17.9 Å². The van der Waals surface area contributed by atoms with Crippen molar-refractivity contribution in [2.75, 3.05) is 0 Å². The first-order valence-electron chi connectivity index (χ1n) is 5.95. The minimum absolute atomic E-state index is 0.675. The Morgan fingerprint density at radius 3 is 2.84 bits per heavy atom. The fraction of sp³-hybridized carbons (Fsp3) is 0.154. The van der Waals surface area contributed by atoms with E-state index in [0.29, 0.717) is 12.4 Å². The second-order valence-electron chi connectivity index (χ2n) is 4.08. The van der Waals surface area contributed by atoms with Gasteiger partial charge in [-0.25, -0.2) is 4.98 Å². The van der Waals surface area contributed by atoms with Crippen molar-refractivity contribution in [1.82, 2.24) is 25.5 Å². The van der Waals surface area contributed by atoms with Crippen LogP contribution in [-0.4, -0.2) is 20.2 Å². The zero-order chi connectivity index (χ0) is 12.9. The summed E-state index contributed by atoms with van der Waals surface area (Å²) in [6.07, 6.45) is 3.47. The van der Waals surface area contributed by atoms with Crippen LogP contribution in [0.25, 0.3) is 11.4 Å². The predicted molar refractivity (Wildman–Crippen MR) is 74.5 cm³/mol. The number of nitrogens with zero attached hydrogens (tertiary/aromatic N) is 3. The summed E-state index contributed by atoms with van der Waals surface area (Å²) in [5, 5.41) is 14.7. The molecule has 3 aromatic heterocycles. The molecule has 0 amide bonds. The van der Waals surface area contributed by atoms with E-state index < -0.39 is 0 Å². The van der Waals surface area contributed by atoms with Crippen molar-refractivity contribution in [3.05, 3.63) is 52.7 Å². The van der Waals surface area contributed by atoms with Crippen molar-refractivity contribution in [3.63, 3.8) is 0 Å². The van der Waals surface area contributed by atoms with Gasteiger partial charge in [0.2, 0.25) is 0 Å². The molecular formula is C13H13N5S. The summed E-state index contributed by atoms with van der Waals surface area (Å²) < 4.78 is 0. The quantitative estimate of drug-likeness (QED) is 0.746. The smallest absolute Gasteiger partial charge is 0.181 e. The normalized spacial score (nSPS) is 10.7. The van der Waals surface area contributed by atoms with E-state index >= 15 is 0 Å². The number of hydrogen-bond acceptors (Lipinski definition) is 5. The van der Waals surface area contributed by atoms with Crippen LogP contribution in [0.15, 0.2) is 41.4 Å². The summed E-state index contributed by atoms with van der Waals surface area (Å²) in [6, 6.07) is 5.90. The van der Waals surface area contributed by atoms with Gasteiger partial charge in [-0.1, -0.05) is 0 Å². The Morgan fingerprint density at radius 1 is 1.16 bits per heavy atom. The first-order valence-corrected chi connectivity index (χ1v) is 6.89. The summed E-state index contributed by atoms with van der Waals surface area (Å²) in [5.41, 5.74) is 2.26. The molecule has 0 aromatic carbocycles. The molecule has 0 aliphatic heterocycles. The van der Waals surface area contributed by atoms with E-state index in [1.807, 2.05) is 12.1 Å². The molecule has 5 nitrogen and oxygen atoms in total. The highest BCUT2D eigenvalue weighted by Gasteiger charge is 2.05. The summed E-state index contributed by atoms with van der Waals surface area (Å²) >= 11 is 1.71. The molecule has 0 bridgehead atoms. The van der Waals surface area contributed by atoms with Gasteiger partial charge in [0.05, 0.1) is 6.54 Å². The van der Waals surface area contributed by atoms with Gasteiger partial charge in [0.25, 0.3) is 0 Å². The van der Waals surface area contributed by atoms with Crippen LogP contribution in [0.4, 0.5) is 0 Å². The van der Waals surface area contributed by atoms with Crippen LogP contribution in [0.3, 0.4) is 0 Å². The lowest BCUT2D eigenvalue weighted by Gasteiger charge is -1.99. The third-order valence-electron chi connectivity index (χ3n) is 2.67. The third kappa shape index (κ3) is 3.04. The Labute approximate surface area is 114 Å². The second-order valence-corrected chi connectivity index (χ2v) is 4.86. The van der Waals surface area contributed by atoms with Crippen LogP contribution >= 0.6 is 11.3 Å². The van der Waals surface area contributed by atoms with E-state index in [1.165, 1.54) is 5.56 Å². The van der Waals surface area contributed by atoms with E-state index in [4.69, 9.17) is 0 Å². The summed E-state index contributed by atoms with van der Waals surface area (Å²) in [5.74, 6) is 1.54. The zero-order valence-electron chi connectivity index (χ0n) is 10.2. The van der Waals surface area contributed by atoms with Crippen LogP contribution < -0.4 is 5.32 Å². The molecule has 0 spiro atoms. The molecular weight excluding hydrogens is 258 g/mol. The van der Waals surface area contributed by atoms with Crippen molar-refractivity contribution in [2.45, 2.75) is 13.1 Å². The first kappa shape index (κ1) is 12.0. The number of aromatic nitrogens is 4. The minimum atomic E-state index is 0.675. The van der Waals surface area contributed by atoms with Crippen molar-refractivity contribution >= 4 is 11.3 Å². The number of H-pyrrole nitrogens is 1. The standard InChI is InChI=1S/C13H13N5S/c1-4-14-5-2-11(1)13-16-12(17-18-13)8-15-7-10-3-6-19-9-10/h1-6,9,15H,7-8H2,(H,16,17,18). The van der Waals surface area contributed by atoms with Crippen molar-refractivity contribution in [1.29, 1.82) is 0 Å². The second kappa shape index (κ2) is 5.73. The SMILES string of the molecule is c1cc(-c2n[nH]c(CNCc3ccsc3)n2)ccn1. The molecule has 0 fully saturated rings. The van der Waals surface area contributed by atoms with Gasteiger partial charge in [-0.15, -0.1) is 0 Å².